The summed E-state index contributed by atoms with van der Waals surface area (Å²) in [6.45, 7) is 1.78. The van der Waals surface area contributed by atoms with E-state index in [-0.39, 0.29) is 24.0 Å². The number of Topliss-reactive ketones (excluding diaryl/α,β-unsaturated/α-hetero) is 1. The zero-order valence-corrected chi connectivity index (χ0v) is 23.8. The van der Waals surface area contributed by atoms with Gasteiger partial charge in [-0.15, -0.1) is 11.3 Å². The lowest BCUT2D eigenvalue weighted by molar-refractivity contribution is -0.385. The van der Waals surface area contributed by atoms with Crippen LogP contribution in [0.4, 0.5) is 5.69 Å². The number of hydrogen-bond donors (Lipinski definition) is 1. The van der Waals surface area contributed by atoms with Crippen LogP contribution in [0.15, 0.2) is 66.0 Å². The zero-order chi connectivity index (χ0) is 29.1. The quantitative estimate of drug-likeness (QED) is 0.238. The maximum absolute atomic E-state index is 14.5. The number of non-ortho nitro benzene ring substituents is 1. The Balaban J connectivity index is 1.75. The summed E-state index contributed by atoms with van der Waals surface area (Å²) in [5.41, 5.74) is 0.537. The summed E-state index contributed by atoms with van der Waals surface area (Å²) in [4.78, 5) is 57.9. The van der Waals surface area contributed by atoms with E-state index < -0.39 is 34.7 Å². The third kappa shape index (κ3) is 5.76. The number of carbonyl (C=O) groups excluding carboxylic acids is 3. The number of carbonyl (C=O) groups is 3. The summed E-state index contributed by atoms with van der Waals surface area (Å²) < 4.78 is 5.22. The van der Waals surface area contributed by atoms with E-state index in [1.165, 1.54) is 41.5 Å². The minimum Gasteiger partial charge on any atom is -0.375 e. The molecule has 2 aliphatic heterocycles. The fraction of sp³-hybridized carbons (Fsp3) is 0.345. The SMILES string of the molecule is COCC(=O)N1C(C(=O)N2CCNCC2)C(c2cccs2)C(C(=O)c2cccc(Cl)c2)C1c1cccc([N+](=O)[O-])c1. The standard InChI is InChI=1S/C29H29ClN4O6S/c1-40-17-23(35)33-26(18-5-3-8-21(16-18)34(38)39)25(28(36)19-6-2-7-20(30)15-19)24(22-9-4-14-41-22)27(33)29(37)32-12-10-31-11-13-32/h2-9,14-16,24-27,31H,10-13,17H2,1H3. The molecule has 12 heteroatoms. The van der Waals surface area contributed by atoms with Crippen LogP contribution in [-0.4, -0.2) is 78.3 Å². The highest BCUT2D eigenvalue weighted by atomic mass is 35.5. The number of thiophene rings is 1. The van der Waals surface area contributed by atoms with Crippen LogP contribution in [0.1, 0.15) is 32.8 Å². The van der Waals surface area contributed by atoms with Crippen molar-refractivity contribution in [3.8, 4) is 0 Å². The normalized spacial score (nSPS) is 22.5. The Kier molecular flexibility index (Phi) is 8.79. The first-order chi connectivity index (χ1) is 19.8. The molecule has 3 aromatic rings. The summed E-state index contributed by atoms with van der Waals surface area (Å²) in [6, 6.07) is 14.1. The van der Waals surface area contributed by atoms with Crippen LogP contribution in [0, 0.1) is 16.0 Å². The number of methoxy groups -OCH3 is 1. The van der Waals surface area contributed by atoms with Gasteiger partial charge in [-0.3, -0.25) is 24.5 Å². The number of nitrogens with zero attached hydrogens (tertiary/aromatic N) is 3. The molecule has 0 aliphatic carbocycles. The Morgan fingerprint density at radius 2 is 1.85 bits per heavy atom. The van der Waals surface area contributed by atoms with Crippen LogP contribution in [0.2, 0.25) is 5.02 Å². The van der Waals surface area contributed by atoms with E-state index in [4.69, 9.17) is 16.3 Å². The van der Waals surface area contributed by atoms with E-state index in [2.05, 4.69) is 5.32 Å². The lowest BCUT2D eigenvalue weighted by Gasteiger charge is -2.36. The Morgan fingerprint density at radius 1 is 1.10 bits per heavy atom. The van der Waals surface area contributed by atoms with E-state index in [1.54, 1.807) is 35.2 Å². The minimum atomic E-state index is -1.04. The van der Waals surface area contributed by atoms with Gasteiger partial charge in [0.15, 0.2) is 5.78 Å². The van der Waals surface area contributed by atoms with Crippen molar-refractivity contribution in [3.05, 3.63) is 97.2 Å². The lowest BCUT2D eigenvalue weighted by Crippen LogP contribution is -2.55. The smallest absolute Gasteiger partial charge is 0.269 e. The van der Waals surface area contributed by atoms with Crippen molar-refractivity contribution in [2.24, 2.45) is 5.92 Å². The van der Waals surface area contributed by atoms with Gasteiger partial charge in [-0.05, 0) is 29.1 Å². The third-order valence-electron chi connectivity index (χ3n) is 7.61. The predicted octanol–water partition coefficient (Wildman–Crippen LogP) is 3.92. The summed E-state index contributed by atoms with van der Waals surface area (Å²) in [6.07, 6.45) is 0. The molecule has 2 amide bonds. The minimum absolute atomic E-state index is 0.180. The molecule has 0 saturated carbocycles. The molecule has 4 atom stereocenters. The average Bonchev–Trinajstić information content (AvgIpc) is 3.63. The molecule has 5 rings (SSSR count). The second-order valence-corrected chi connectivity index (χ2v) is 11.4. The largest absolute Gasteiger partial charge is 0.375 e. The van der Waals surface area contributed by atoms with Crippen molar-refractivity contribution in [2.45, 2.75) is 18.0 Å². The highest BCUT2D eigenvalue weighted by molar-refractivity contribution is 7.10. The topological polar surface area (TPSA) is 122 Å². The molecule has 10 nitrogen and oxygen atoms in total. The van der Waals surface area contributed by atoms with Crippen LogP contribution in [-0.2, 0) is 14.3 Å². The molecule has 0 spiro atoms. The van der Waals surface area contributed by atoms with Crippen molar-refractivity contribution in [3.63, 3.8) is 0 Å². The molecule has 214 valence electrons. The number of benzene rings is 2. The van der Waals surface area contributed by atoms with Crippen LogP contribution in [0.5, 0.6) is 0 Å². The maximum Gasteiger partial charge on any atom is 0.269 e. The van der Waals surface area contributed by atoms with E-state index in [1.807, 2.05) is 17.5 Å². The van der Waals surface area contributed by atoms with Gasteiger partial charge in [-0.25, -0.2) is 0 Å². The number of amides is 2. The van der Waals surface area contributed by atoms with Gasteiger partial charge in [-0.1, -0.05) is 41.9 Å². The summed E-state index contributed by atoms with van der Waals surface area (Å²) >= 11 is 7.67. The number of rotatable bonds is 8. The van der Waals surface area contributed by atoms with Gasteiger partial charge < -0.3 is 19.9 Å². The number of piperazine rings is 1. The molecule has 2 saturated heterocycles. The lowest BCUT2D eigenvalue weighted by atomic mass is 9.78. The zero-order valence-electron chi connectivity index (χ0n) is 22.3. The van der Waals surface area contributed by atoms with Crippen LogP contribution in [0.25, 0.3) is 0 Å². The number of ether oxygens (including phenoxy) is 1. The Morgan fingerprint density at radius 3 is 2.51 bits per heavy atom. The van der Waals surface area contributed by atoms with Crippen LogP contribution < -0.4 is 5.32 Å². The maximum atomic E-state index is 14.5. The fourth-order valence-corrected chi connectivity index (χ4v) is 7.00. The Labute approximate surface area is 246 Å². The molecule has 4 unspecified atom stereocenters. The number of nitro groups is 1. The van der Waals surface area contributed by atoms with Gasteiger partial charge in [0, 0.05) is 66.8 Å². The summed E-state index contributed by atoms with van der Waals surface area (Å²) in [5.74, 6) is -2.72. The monoisotopic (exact) mass is 596 g/mol. The molecule has 1 N–H and O–H groups in total. The average molecular weight is 597 g/mol. The van der Waals surface area contributed by atoms with Gasteiger partial charge in [0.05, 0.1) is 16.9 Å². The number of nitrogens with one attached hydrogen (secondary N) is 1. The van der Waals surface area contributed by atoms with Crippen molar-refractivity contribution < 1.29 is 24.0 Å². The fourth-order valence-electron chi connectivity index (χ4n) is 5.91. The Bertz CT molecular complexity index is 1440. The van der Waals surface area contributed by atoms with Crippen molar-refractivity contribution in [2.75, 3.05) is 39.9 Å². The first-order valence-electron chi connectivity index (χ1n) is 13.2. The van der Waals surface area contributed by atoms with E-state index in [9.17, 15) is 24.5 Å². The molecule has 0 bridgehead atoms. The molecule has 41 heavy (non-hydrogen) atoms. The van der Waals surface area contributed by atoms with Gasteiger partial charge in [-0.2, -0.15) is 0 Å². The molecule has 1 aromatic heterocycles. The number of hydrogen-bond acceptors (Lipinski definition) is 8. The predicted molar refractivity (Wildman–Crippen MR) is 154 cm³/mol. The highest BCUT2D eigenvalue weighted by Crippen LogP contribution is 2.53. The van der Waals surface area contributed by atoms with Gasteiger partial charge in [0.25, 0.3) is 5.69 Å². The number of nitro benzene ring substituents is 1. The first-order valence-corrected chi connectivity index (χ1v) is 14.4. The molecule has 3 heterocycles. The molecule has 2 aromatic carbocycles. The number of halogens is 1. The molecule has 2 fully saturated rings. The van der Waals surface area contributed by atoms with Gasteiger partial charge in [0.2, 0.25) is 11.8 Å². The van der Waals surface area contributed by atoms with Crippen molar-refractivity contribution in [1.29, 1.82) is 0 Å². The molecule has 0 radical (unpaired) electrons. The number of ketones is 1. The van der Waals surface area contributed by atoms with Crippen molar-refractivity contribution >= 4 is 46.2 Å². The Hall–Kier alpha value is -3.64. The van der Waals surface area contributed by atoms with Gasteiger partial charge >= 0.3 is 0 Å². The summed E-state index contributed by atoms with van der Waals surface area (Å²) in [5, 5.41) is 17.2. The molecular formula is C29H29ClN4O6S. The van der Waals surface area contributed by atoms with E-state index in [0.717, 1.165) is 4.88 Å². The van der Waals surface area contributed by atoms with Crippen molar-refractivity contribution in [1.82, 2.24) is 15.1 Å². The number of likely N-dealkylation sites (tertiary alicyclic amines) is 1. The van der Waals surface area contributed by atoms with E-state index >= 15 is 0 Å². The third-order valence-corrected chi connectivity index (χ3v) is 8.82. The second kappa shape index (κ2) is 12.5. The van der Waals surface area contributed by atoms with E-state index in [0.29, 0.717) is 42.3 Å². The molecular weight excluding hydrogens is 568 g/mol. The highest BCUT2D eigenvalue weighted by Gasteiger charge is 2.58. The van der Waals surface area contributed by atoms with Crippen LogP contribution in [0.3, 0.4) is 0 Å². The summed E-state index contributed by atoms with van der Waals surface area (Å²) in [7, 11) is 1.38. The first kappa shape index (κ1) is 28.9. The van der Waals surface area contributed by atoms with Crippen LogP contribution >= 0.6 is 22.9 Å². The van der Waals surface area contributed by atoms with Gasteiger partial charge in [0.1, 0.15) is 12.6 Å². The second-order valence-electron chi connectivity index (χ2n) is 9.99. The molecule has 2 aliphatic rings.